The van der Waals surface area contributed by atoms with E-state index in [2.05, 4.69) is 17.6 Å². The Bertz CT molecular complexity index is 473. The van der Waals surface area contributed by atoms with Gasteiger partial charge in [-0.15, -0.1) is 11.8 Å². The average Bonchev–Trinajstić information content (AvgIpc) is 2.77. The molecule has 5 heteroatoms. The summed E-state index contributed by atoms with van der Waals surface area (Å²) >= 11 is 7.52. The van der Waals surface area contributed by atoms with Crippen LogP contribution >= 0.6 is 23.4 Å². The van der Waals surface area contributed by atoms with Gasteiger partial charge in [-0.1, -0.05) is 23.7 Å². The van der Waals surface area contributed by atoms with Gasteiger partial charge in [-0.3, -0.25) is 4.79 Å². The average molecular weight is 297 g/mol. The maximum atomic E-state index is 11.7. The Labute approximate surface area is 122 Å². The van der Waals surface area contributed by atoms with Gasteiger partial charge in [-0.2, -0.15) is 0 Å². The molecule has 2 N–H and O–H groups in total. The van der Waals surface area contributed by atoms with Crippen LogP contribution in [0.2, 0.25) is 5.02 Å². The molecule has 1 amide bonds. The van der Waals surface area contributed by atoms with Crippen LogP contribution in [0.4, 0.5) is 0 Å². The summed E-state index contributed by atoms with van der Waals surface area (Å²) in [5.41, 5.74) is 2.17. The summed E-state index contributed by atoms with van der Waals surface area (Å²) < 4.78 is 0. The topological polar surface area (TPSA) is 41.1 Å². The van der Waals surface area contributed by atoms with Crippen molar-refractivity contribution in [2.75, 3.05) is 6.54 Å². The molecular formula is C14H17ClN2OS. The van der Waals surface area contributed by atoms with Crippen LogP contribution in [0, 0.1) is 0 Å². The van der Waals surface area contributed by atoms with E-state index in [0.29, 0.717) is 18.3 Å². The SMILES string of the molecule is CC1NC(CC(=O)NCCc2ccc(Cl)cc2)=CS1. The molecule has 2 rings (SSSR count). The maximum Gasteiger partial charge on any atom is 0.225 e. The zero-order chi connectivity index (χ0) is 13.7. The van der Waals surface area contributed by atoms with Gasteiger partial charge in [-0.25, -0.2) is 0 Å². The molecule has 1 aromatic rings. The van der Waals surface area contributed by atoms with Gasteiger partial charge in [-0.05, 0) is 36.4 Å². The fourth-order valence-corrected chi connectivity index (χ4v) is 2.70. The first-order valence-electron chi connectivity index (χ1n) is 6.25. The number of hydrogen-bond donors (Lipinski definition) is 2. The summed E-state index contributed by atoms with van der Waals surface area (Å²) in [4.78, 5) is 11.7. The van der Waals surface area contributed by atoms with Crippen molar-refractivity contribution in [3.05, 3.63) is 46.0 Å². The zero-order valence-electron chi connectivity index (χ0n) is 10.8. The summed E-state index contributed by atoms with van der Waals surface area (Å²) in [5.74, 6) is 0.0578. The van der Waals surface area contributed by atoms with Crippen LogP contribution in [0.5, 0.6) is 0 Å². The molecule has 1 atom stereocenters. The van der Waals surface area contributed by atoms with E-state index >= 15 is 0 Å². The van der Waals surface area contributed by atoms with E-state index in [1.54, 1.807) is 11.8 Å². The third-order valence-corrected chi connectivity index (χ3v) is 4.00. The standard InChI is InChI=1S/C14H17ClN2OS/c1-10-17-13(9-19-10)8-14(18)16-7-6-11-2-4-12(15)5-3-11/h2-5,9-10,17H,6-8H2,1H3,(H,16,18). The number of hydrogen-bond acceptors (Lipinski definition) is 3. The third-order valence-electron chi connectivity index (χ3n) is 2.80. The molecule has 0 saturated heterocycles. The quantitative estimate of drug-likeness (QED) is 0.878. The van der Waals surface area contributed by atoms with Crippen molar-refractivity contribution < 1.29 is 4.79 Å². The van der Waals surface area contributed by atoms with Gasteiger partial charge in [0.25, 0.3) is 0 Å². The molecule has 0 aliphatic carbocycles. The molecular weight excluding hydrogens is 280 g/mol. The predicted octanol–water partition coefficient (Wildman–Crippen LogP) is 2.91. The Morgan fingerprint density at radius 2 is 2.16 bits per heavy atom. The van der Waals surface area contributed by atoms with Gasteiger partial charge in [0.1, 0.15) is 0 Å². The number of carbonyl (C=O) groups is 1. The van der Waals surface area contributed by atoms with Crippen LogP contribution in [0.25, 0.3) is 0 Å². The minimum atomic E-state index is 0.0578. The Morgan fingerprint density at radius 3 is 2.79 bits per heavy atom. The summed E-state index contributed by atoms with van der Waals surface area (Å²) in [6.45, 7) is 2.73. The molecule has 0 radical (unpaired) electrons. The van der Waals surface area contributed by atoms with Crippen LogP contribution < -0.4 is 10.6 Å². The second-order valence-electron chi connectivity index (χ2n) is 4.47. The first kappa shape index (κ1) is 14.3. The Balaban J connectivity index is 1.68. The van der Waals surface area contributed by atoms with Gasteiger partial charge in [0.15, 0.2) is 0 Å². The van der Waals surface area contributed by atoms with Gasteiger partial charge >= 0.3 is 0 Å². The first-order chi connectivity index (χ1) is 9.13. The fourth-order valence-electron chi connectivity index (χ4n) is 1.84. The molecule has 0 bridgehead atoms. The number of carbonyl (C=O) groups excluding carboxylic acids is 1. The lowest BCUT2D eigenvalue weighted by molar-refractivity contribution is -0.120. The maximum absolute atomic E-state index is 11.7. The molecule has 1 aliphatic rings. The number of amides is 1. The molecule has 102 valence electrons. The van der Waals surface area contributed by atoms with E-state index in [4.69, 9.17) is 11.6 Å². The van der Waals surface area contributed by atoms with Crippen molar-refractivity contribution in [3.63, 3.8) is 0 Å². The molecule has 0 spiro atoms. The minimum Gasteiger partial charge on any atom is -0.376 e. The highest BCUT2D eigenvalue weighted by molar-refractivity contribution is 8.02. The number of nitrogens with one attached hydrogen (secondary N) is 2. The van der Waals surface area contributed by atoms with E-state index in [1.807, 2.05) is 29.7 Å². The van der Waals surface area contributed by atoms with E-state index in [-0.39, 0.29) is 5.91 Å². The van der Waals surface area contributed by atoms with Crippen molar-refractivity contribution >= 4 is 29.3 Å². The summed E-state index contributed by atoms with van der Waals surface area (Å²) in [6, 6.07) is 7.69. The number of halogens is 1. The normalized spacial score (nSPS) is 17.8. The molecule has 1 aliphatic heterocycles. The Morgan fingerprint density at radius 1 is 1.42 bits per heavy atom. The summed E-state index contributed by atoms with van der Waals surface area (Å²) in [6.07, 6.45) is 1.25. The number of benzene rings is 1. The van der Waals surface area contributed by atoms with Crippen molar-refractivity contribution in [1.29, 1.82) is 0 Å². The lowest BCUT2D eigenvalue weighted by Gasteiger charge is -2.08. The molecule has 1 heterocycles. The van der Waals surface area contributed by atoms with E-state index in [9.17, 15) is 4.79 Å². The lowest BCUT2D eigenvalue weighted by atomic mass is 10.1. The molecule has 0 aromatic heterocycles. The van der Waals surface area contributed by atoms with E-state index in [0.717, 1.165) is 17.1 Å². The van der Waals surface area contributed by atoms with Crippen LogP contribution in [0.3, 0.4) is 0 Å². The van der Waals surface area contributed by atoms with Gasteiger partial charge in [0, 0.05) is 17.3 Å². The smallest absolute Gasteiger partial charge is 0.225 e. The molecule has 19 heavy (non-hydrogen) atoms. The second-order valence-corrected chi connectivity index (χ2v) is 6.12. The van der Waals surface area contributed by atoms with E-state index < -0.39 is 0 Å². The van der Waals surface area contributed by atoms with Gasteiger partial charge in [0.2, 0.25) is 5.91 Å². The first-order valence-corrected chi connectivity index (χ1v) is 7.58. The Kier molecular flexibility index (Phi) is 5.16. The molecule has 0 saturated carbocycles. The van der Waals surface area contributed by atoms with Crippen LogP contribution in [0.1, 0.15) is 18.9 Å². The van der Waals surface area contributed by atoms with Crippen molar-refractivity contribution in [2.45, 2.75) is 25.1 Å². The molecule has 1 aromatic carbocycles. The van der Waals surface area contributed by atoms with Gasteiger partial charge < -0.3 is 10.6 Å². The van der Waals surface area contributed by atoms with E-state index in [1.165, 1.54) is 5.56 Å². The second kappa shape index (κ2) is 6.87. The van der Waals surface area contributed by atoms with Crippen LogP contribution in [0.15, 0.2) is 35.4 Å². The summed E-state index contributed by atoms with van der Waals surface area (Å²) in [7, 11) is 0. The van der Waals surface area contributed by atoms with Crippen LogP contribution in [-0.4, -0.2) is 17.8 Å². The summed E-state index contributed by atoms with van der Waals surface area (Å²) in [5, 5.41) is 9.30. The molecule has 1 unspecified atom stereocenters. The number of rotatable bonds is 5. The lowest BCUT2D eigenvalue weighted by Crippen LogP contribution is -2.28. The van der Waals surface area contributed by atoms with Crippen LogP contribution in [-0.2, 0) is 11.2 Å². The molecule has 3 nitrogen and oxygen atoms in total. The van der Waals surface area contributed by atoms with Crippen molar-refractivity contribution in [1.82, 2.24) is 10.6 Å². The van der Waals surface area contributed by atoms with Crippen molar-refractivity contribution in [3.8, 4) is 0 Å². The monoisotopic (exact) mass is 296 g/mol. The highest BCUT2D eigenvalue weighted by Gasteiger charge is 2.14. The fraction of sp³-hybridized carbons (Fsp3) is 0.357. The van der Waals surface area contributed by atoms with Gasteiger partial charge in [0.05, 0.1) is 11.8 Å². The molecule has 0 fully saturated rings. The highest BCUT2D eigenvalue weighted by atomic mass is 35.5. The van der Waals surface area contributed by atoms with Crippen molar-refractivity contribution in [2.24, 2.45) is 0 Å². The largest absolute Gasteiger partial charge is 0.376 e. The third kappa shape index (κ3) is 4.80. The Hall–Kier alpha value is -1.13. The highest BCUT2D eigenvalue weighted by Crippen LogP contribution is 2.21. The number of thioether (sulfide) groups is 1. The predicted molar refractivity (Wildman–Crippen MR) is 81.1 cm³/mol. The zero-order valence-corrected chi connectivity index (χ0v) is 12.4. The minimum absolute atomic E-state index is 0.0578.